The van der Waals surface area contributed by atoms with Crippen LogP contribution in [0.5, 0.6) is 0 Å². The zero-order valence-electron chi connectivity index (χ0n) is 22.0. The van der Waals surface area contributed by atoms with E-state index < -0.39 is 8.32 Å². The standard InChI is InChI=1S/C28H47NO3Si/c1-27(2,3)33(5,6)32-20-19-29-25-9-7-23(8-10-25)24-13-17-28(18-14-24)15-11-22(12-16-28)21-26(30)31-4/h7-10,22,24,29H,11-21H2,1-6H3. The average Bonchev–Trinajstić information content (AvgIpc) is 2.78. The van der Waals surface area contributed by atoms with Crippen LogP contribution >= 0.6 is 0 Å². The summed E-state index contributed by atoms with van der Waals surface area (Å²) in [5.41, 5.74) is 3.22. The van der Waals surface area contributed by atoms with Gasteiger partial charge < -0.3 is 14.5 Å². The van der Waals surface area contributed by atoms with Gasteiger partial charge in [0.2, 0.25) is 0 Å². The Balaban J connectivity index is 1.40. The predicted octanol–water partition coefficient (Wildman–Crippen LogP) is 7.52. The zero-order valence-corrected chi connectivity index (χ0v) is 23.0. The third-order valence-corrected chi connectivity index (χ3v) is 13.5. The Hall–Kier alpha value is -1.33. The van der Waals surface area contributed by atoms with Gasteiger partial charge in [0.25, 0.3) is 0 Å². The van der Waals surface area contributed by atoms with Crippen LogP contribution in [0.25, 0.3) is 0 Å². The van der Waals surface area contributed by atoms with Crippen LogP contribution in [-0.2, 0) is 14.0 Å². The number of hydrogen-bond acceptors (Lipinski definition) is 4. The Morgan fingerprint density at radius 3 is 2.15 bits per heavy atom. The Bertz CT molecular complexity index is 750. The molecule has 0 amide bonds. The SMILES string of the molecule is COC(=O)CC1CCC2(CC1)CCC(c1ccc(NCCO[Si](C)(C)C(C)(C)C)cc1)CC2. The van der Waals surface area contributed by atoms with Gasteiger partial charge in [0.1, 0.15) is 0 Å². The van der Waals surface area contributed by atoms with Crippen molar-refractivity contribution in [2.24, 2.45) is 11.3 Å². The molecule has 4 nitrogen and oxygen atoms in total. The topological polar surface area (TPSA) is 47.6 Å². The minimum atomic E-state index is -1.67. The molecule has 2 aliphatic carbocycles. The van der Waals surface area contributed by atoms with E-state index in [1.54, 1.807) is 0 Å². The molecule has 0 aromatic heterocycles. The molecule has 2 saturated carbocycles. The van der Waals surface area contributed by atoms with Gasteiger partial charge in [-0.2, -0.15) is 0 Å². The average molecular weight is 474 g/mol. The first-order chi connectivity index (χ1) is 15.5. The van der Waals surface area contributed by atoms with Gasteiger partial charge in [0, 0.05) is 18.7 Å². The van der Waals surface area contributed by atoms with Crippen LogP contribution in [-0.4, -0.2) is 34.5 Å². The van der Waals surface area contributed by atoms with E-state index in [-0.39, 0.29) is 11.0 Å². The highest BCUT2D eigenvalue weighted by Gasteiger charge is 2.39. The summed E-state index contributed by atoms with van der Waals surface area (Å²) in [7, 11) is -0.164. The van der Waals surface area contributed by atoms with Crippen molar-refractivity contribution in [3.8, 4) is 0 Å². The molecule has 0 unspecified atom stereocenters. The summed E-state index contributed by atoms with van der Waals surface area (Å²) in [6.07, 6.45) is 10.9. The number of carbonyl (C=O) groups is 1. The van der Waals surface area contributed by atoms with Crippen LogP contribution < -0.4 is 5.32 Å². The van der Waals surface area contributed by atoms with E-state index in [9.17, 15) is 4.79 Å². The largest absolute Gasteiger partial charge is 0.469 e. The van der Waals surface area contributed by atoms with Gasteiger partial charge in [0.05, 0.1) is 13.7 Å². The summed E-state index contributed by atoms with van der Waals surface area (Å²) < 4.78 is 11.1. The highest BCUT2D eigenvalue weighted by Crippen LogP contribution is 2.52. The lowest BCUT2D eigenvalue weighted by atomic mass is 9.60. The van der Waals surface area contributed by atoms with Gasteiger partial charge in [-0.25, -0.2) is 0 Å². The first-order valence-electron chi connectivity index (χ1n) is 13.1. The number of methoxy groups -OCH3 is 1. The Morgan fingerprint density at radius 1 is 1.03 bits per heavy atom. The molecular formula is C28H47NO3Si. The van der Waals surface area contributed by atoms with E-state index in [0.29, 0.717) is 23.7 Å². The molecule has 0 saturated heterocycles. The monoisotopic (exact) mass is 473 g/mol. The second-order valence-electron chi connectivity index (χ2n) is 12.2. The van der Waals surface area contributed by atoms with Crippen LogP contribution in [0, 0.1) is 11.3 Å². The number of anilines is 1. The summed E-state index contributed by atoms with van der Waals surface area (Å²) in [5, 5.41) is 3.79. The number of carbonyl (C=O) groups excluding carboxylic acids is 1. The summed E-state index contributed by atoms with van der Waals surface area (Å²) in [6.45, 7) is 13.1. The minimum absolute atomic E-state index is 0.0410. The van der Waals surface area contributed by atoms with Gasteiger partial charge >= 0.3 is 5.97 Å². The molecule has 1 aromatic rings. The fourth-order valence-corrected chi connectivity index (χ4v) is 6.51. The van der Waals surface area contributed by atoms with E-state index in [1.165, 1.54) is 69.7 Å². The number of esters is 1. The highest BCUT2D eigenvalue weighted by molar-refractivity contribution is 6.74. The molecule has 0 radical (unpaired) electrons. The van der Waals surface area contributed by atoms with Gasteiger partial charge in [0.15, 0.2) is 8.32 Å². The number of hydrogen-bond donors (Lipinski definition) is 1. The van der Waals surface area contributed by atoms with Crippen molar-refractivity contribution in [2.75, 3.05) is 25.6 Å². The van der Waals surface area contributed by atoms with Crippen LogP contribution in [0.4, 0.5) is 5.69 Å². The van der Waals surface area contributed by atoms with Crippen LogP contribution in [0.3, 0.4) is 0 Å². The van der Waals surface area contributed by atoms with Crippen molar-refractivity contribution < 1.29 is 14.0 Å². The van der Waals surface area contributed by atoms with E-state index in [4.69, 9.17) is 9.16 Å². The van der Waals surface area contributed by atoms with E-state index in [0.717, 1.165) is 13.2 Å². The summed E-state index contributed by atoms with van der Waals surface area (Å²) >= 11 is 0. The second-order valence-corrected chi connectivity index (χ2v) is 17.0. The van der Waals surface area contributed by atoms with Crippen molar-refractivity contribution in [3.05, 3.63) is 29.8 Å². The van der Waals surface area contributed by atoms with Gasteiger partial charge in [-0.1, -0.05) is 32.9 Å². The Morgan fingerprint density at radius 2 is 1.61 bits per heavy atom. The molecule has 0 aliphatic heterocycles. The number of ether oxygens (including phenoxy) is 1. The molecule has 2 fully saturated rings. The van der Waals surface area contributed by atoms with Gasteiger partial charge in [-0.3, -0.25) is 4.79 Å². The molecule has 5 heteroatoms. The maximum Gasteiger partial charge on any atom is 0.305 e. The smallest absolute Gasteiger partial charge is 0.305 e. The van der Waals surface area contributed by atoms with E-state index >= 15 is 0 Å². The Kier molecular flexibility index (Phi) is 8.71. The van der Waals surface area contributed by atoms with Crippen LogP contribution in [0.15, 0.2) is 24.3 Å². The molecule has 1 aromatic carbocycles. The lowest BCUT2D eigenvalue weighted by Crippen LogP contribution is -2.41. The number of rotatable bonds is 8. The molecule has 33 heavy (non-hydrogen) atoms. The van der Waals surface area contributed by atoms with Crippen molar-refractivity contribution >= 4 is 20.0 Å². The van der Waals surface area contributed by atoms with Crippen LogP contribution in [0.2, 0.25) is 18.1 Å². The lowest BCUT2D eigenvalue weighted by molar-refractivity contribution is -0.142. The van der Waals surface area contributed by atoms with E-state index in [1.807, 2.05) is 0 Å². The maximum absolute atomic E-state index is 11.6. The van der Waals surface area contributed by atoms with Gasteiger partial charge in [-0.15, -0.1) is 0 Å². The lowest BCUT2D eigenvalue weighted by Gasteiger charge is -2.45. The van der Waals surface area contributed by atoms with Crippen molar-refractivity contribution in [1.82, 2.24) is 0 Å². The highest BCUT2D eigenvalue weighted by atomic mass is 28.4. The summed E-state index contributed by atoms with van der Waals surface area (Å²) in [6, 6.07) is 9.13. The van der Waals surface area contributed by atoms with Crippen molar-refractivity contribution in [3.63, 3.8) is 0 Å². The zero-order chi connectivity index (χ0) is 24.1. The number of benzene rings is 1. The molecule has 0 bridgehead atoms. The molecule has 2 aliphatic rings. The third-order valence-electron chi connectivity index (χ3n) is 8.98. The molecule has 0 atom stereocenters. The van der Waals surface area contributed by atoms with E-state index in [2.05, 4.69) is 63.4 Å². The van der Waals surface area contributed by atoms with Gasteiger partial charge in [-0.05, 0) is 104 Å². The first-order valence-corrected chi connectivity index (χ1v) is 16.0. The minimum Gasteiger partial charge on any atom is -0.469 e. The molecule has 1 spiro atoms. The Labute approximate surface area is 203 Å². The maximum atomic E-state index is 11.6. The normalized spacial score (nSPS) is 26.2. The van der Waals surface area contributed by atoms with Crippen molar-refractivity contribution in [1.29, 1.82) is 0 Å². The molecule has 186 valence electrons. The fourth-order valence-electron chi connectivity index (χ4n) is 5.47. The molecular weight excluding hydrogens is 426 g/mol. The summed E-state index contributed by atoms with van der Waals surface area (Å²) in [4.78, 5) is 11.6. The molecule has 3 rings (SSSR count). The quantitative estimate of drug-likeness (QED) is 0.241. The first kappa shape index (κ1) is 26.3. The molecule has 1 N–H and O–H groups in total. The molecule has 0 heterocycles. The predicted molar refractivity (Wildman–Crippen MR) is 140 cm³/mol. The second kappa shape index (κ2) is 10.9. The third kappa shape index (κ3) is 7.08. The van der Waals surface area contributed by atoms with Crippen LogP contribution in [0.1, 0.15) is 90.0 Å². The number of nitrogens with one attached hydrogen (secondary N) is 1. The fraction of sp³-hybridized carbons (Fsp3) is 0.750. The van der Waals surface area contributed by atoms with Crippen molar-refractivity contribution in [2.45, 2.75) is 103 Å². The summed E-state index contributed by atoms with van der Waals surface area (Å²) in [5.74, 6) is 1.19.